The minimum Gasteiger partial charge on any atom is -0.382 e. The summed E-state index contributed by atoms with van der Waals surface area (Å²) in [5.41, 5.74) is 10.9. The van der Waals surface area contributed by atoms with Gasteiger partial charge in [0.1, 0.15) is 0 Å². The van der Waals surface area contributed by atoms with Crippen LogP contribution in [0.4, 0.5) is 5.82 Å². The number of hydrogen-bond acceptors (Lipinski definition) is 2. The number of H-pyrrole nitrogens is 1. The molecule has 0 amide bonds. The Hall–Kier alpha value is -1.77. The van der Waals surface area contributed by atoms with Gasteiger partial charge in [0, 0.05) is 17.2 Å². The fraction of sp³-hybridized carbons (Fsp3) is 0.471. The Labute approximate surface area is 121 Å². The molecule has 0 radical (unpaired) electrons. The monoisotopic (exact) mass is 271 g/mol. The lowest BCUT2D eigenvalue weighted by Gasteiger charge is -2.16. The van der Waals surface area contributed by atoms with E-state index in [-0.39, 0.29) is 0 Å². The summed E-state index contributed by atoms with van der Waals surface area (Å²) in [6.07, 6.45) is 4.70. The molecular weight excluding hydrogens is 246 g/mol. The number of nitrogens with one attached hydrogen (secondary N) is 1. The van der Waals surface area contributed by atoms with Gasteiger partial charge < -0.3 is 5.73 Å². The topological polar surface area (TPSA) is 54.7 Å². The Balaban J connectivity index is 2.48. The molecule has 0 atom stereocenters. The predicted molar refractivity (Wildman–Crippen MR) is 85.7 cm³/mol. The van der Waals surface area contributed by atoms with Crippen LogP contribution in [0.15, 0.2) is 24.3 Å². The first-order valence-electron chi connectivity index (χ1n) is 7.58. The highest BCUT2D eigenvalue weighted by Gasteiger charge is 2.21. The average Bonchev–Trinajstić information content (AvgIpc) is 2.81. The minimum absolute atomic E-state index is 0.518. The predicted octanol–water partition coefficient (Wildman–Crippen LogP) is 4.65. The first kappa shape index (κ1) is 14.6. The van der Waals surface area contributed by atoms with Crippen LogP contribution in [0, 0.1) is 6.92 Å². The zero-order valence-electron chi connectivity index (χ0n) is 12.7. The number of aryl methyl sites for hydroxylation is 1. The van der Waals surface area contributed by atoms with Gasteiger partial charge in [-0.1, -0.05) is 51.0 Å². The molecule has 0 unspecified atom stereocenters. The summed E-state index contributed by atoms with van der Waals surface area (Å²) in [5, 5.41) is 7.47. The van der Waals surface area contributed by atoms with E-state index >= 15 is 0 Å². The van der Waals surface area contributed by atoms with Crippen LogP contribution >= 0.6 is 0 Å². The molecule has 2 rings (SSSR count). The van der Waals surface area contributed by atoms with Crippen molar-refractivity contribution in [3.05, 3.63) is 35.5 Å². The lowest BCUT2D eigenvalue weighted by Crippen LogP contribution is -2.02. The molecule has 1 heterocycles. The van der Waals surface area contributed by atoms with Crippen molar-refractivity contribution in [2.24, 2.45) is 0 Å². The molecule has 0 saturated carbocycles. The number of aromatic amines is 1. The van der Waals surface area contributed by atoms with E-state index in [4.69, 9.17) is 5.73 Å². The molecule has 0 aliphatic heterocycles. The van der Waals surface area contributed by atoms with Crippen LogP contribution in [0.5, 0.6) is 0 Å². The van der Waals surface area contributed by atoms with Gasteiger partial charge in [-0.2, -0.15) is 5.10 Å². The molecule has 108 valence electrons. The fourth-order valence-corrected chi connectivity index (χ4v) is 2.93. The van der Waals surface area contributed by atoms with Crippen molar-refractivity contribution in [3.63, 3.8) is 0 Å². The highest BCUT2D eigenvalue weighted by atomic mass is 15.2. The van der Waals surface area contributed by atoms with E-state index in [1.165, 1.54) is 42.5 Å². The molecule has 3 nitrogen and oxygen atoms in total. The normalized spacial score (nSPS) is 11.2. The van der Waals surface area contributed by atoms with Gasteiger partial charge in [-0.15, -0.1) is 0 Å². The van der Waals surface area contributed by atoms with E-state index in [1.807, 2.05) is 0 Å². The second-order valence-corrected chi connectivity index (χ2v) is 5.49. The standard InChI is InChI=1S/C17H25N3/c1-4-8-13(9-5-2)16-15(17(18)20-19-16)14-11-7-6-10-12(14)3/h6-7,10-11,13H,4-5,8-9H2,1-3H3,(H3,18,19,20). The number of anilines is 1. The van der Waals surface area contributed by atoms with Crippen LogP contribution in [0.25, 0.3) is 11.1 Å². The van der Waals surface area contributed by atoms with Crippen molar-refractivity contribution in [2.45, 2.75) is 52.4 Å². The lowest BCUT2D eigenvalue weighted by atomic mass is 9.89. The number of benzene rings is 1. The van der Waals surface area contributed by atoms with Crippen LogP contribution in [0.3, 0.4) is 0 Å². The van der Waals surface area contributed by atoms with Crippen molar-refractivity contribution >= 4 is 5.82 Å². The van der Waals surface area contributed by atoms with Crippen molar-refractivity contribution in [1.29, 1.82) is 0 Å². The Bertz CT molecular complexity index is 551. The summed E-state index contributed by atoms with van der Waals surface area (Å²) in [6, 6.07) is 8.38. The van der Waals surface area contributed by atoms with Crippen LogP contribution in [0.1, 0.15) is 56.7 Å². The van der Waals surface area contributed by atoms with E-state index in [9.17, 15) is 0 Å². The maximum absolute atomic E-state index is 6.13. The summed E-state index contributed by atoms with van der Waals surface area (Å²) in [4.78, 5) is 0. The molecular formula is C17H25N3. The zero-order valence-corrected chi connectivity index (χ0v) is 12.7. The summed E-state index contributed by atoms with van der Waals surface area (Å²) in [6.45, 7) is 6.59. The van der Waals surface area contributed by atoms with Gasteiger partial charge in [-0.05, 0) is 30.9 Å². The second kappa shape index (κ2) is 6.60. The average molecular weight is 271 g/mol. The van der Waals surface area contributed by atoms with Gasteiger partial charge in [0.25, 0.3) is 0 Å². The van der Waals surface area contributed by atoms with Gasteiger partial charge in [-0.3, -0.25) is 5.10 Å². The number of hydrogen-bond donors (Lipinski definition) is 2. The summed E-state index contributed by atoms with van der Waals surface area (Å²) < 4.78 is 0. The van der Waals surface area contributed by atoms with Gasteiger partial charge in [0.15, 0.2) is 5.82 Å². The lowest BCUT2D eigenvalue weighted by molar-refractivity contribution is 0.548. The third kappa shape index (κ3) is 2.87. The molecule has 3 N–H and O–H groups in total. The second-order valence-electron chi connectivity index (χ2n) is 5.49. The number of rotatable bonds is 6. The molecule has 0 saturated heterocycles. The first-order chi connectivity index (χ1) is 9.69. The van der Waals surface area contributed by atoms with Crippen molar-refractivity contribution in [3.8, 4) is 11.1 Å². The molecule has 20 heavy (non-hydrogen) atoms. The molecule has 0 aliphatic rings. The maximum Gasteiger partial charge on any atom is 0.153 e. The maximum atomic E-state index is 6.13. The van der Waals surface area contributed by atoms with Crippen LogP contribution in [-0.2, 0) is 0 Å². The van der Waals surface area contributed by atoms with E-state index in [0.29, 0.717) is 11.7 Å². The molecule has 1 aromatic carbocycles. The SMILES string of the molecule is CCCC(CCC)c1[nH]nc(N)c1-c1ccccc1C. The molecule has 3 heteroatoms. The Morgan fingerprint density at radius 1 is 1.15 bits per heavy atom. The van der Waals surface area contributed by atoms with Gasteiger partial charge in [0.05, 0.1) is 0 Å². The smallest absolute Gasteiger partial charge is 0.153 e. The largest absolute Gasteiger partial charge is 0.382 e. The van der Waals surface area contributed by atoms with E-state index in [0.717, 1.165) is 5.56 Å². The summed E-state index contributed by atoms with van der Waals surface area (Å²) in [5.74, 6) is 1.14. The van der Waals surface area contributed by atoms with Gasteiger partial charge in [0.2, 0.25) is 0 Å². The highest BCUT2D eigenvalue weighted by Crippen LogP contribution is 2.37. The number of aromatic nitrogens is 2. The van der Waals surface area contributed by atoms with E-state index in [1.54, 1.807) is 0 Å². The zero-order chi connectivity index (χ0) is 14.5. The van der Waals surface area contributed by atoms with Crippen LogP contribution < -0.4 is 5.73 Å². The van der Waals surface area contributed by atoms with Gasteiger partial charge >= 0.3 is 0 Å². The third-order valence-electron chi connectivity index (χ3n) is 3.92. The summed E-state index contributed by atoms with van der Waals surface area (Å²) >= 11 is 0. The third-order valence-corrected chi connectivity index (χ3v) is 3.92. The van der Waals surface area contributed by atoms with Crippen molar-refractivity contribution in [2.75, 3.05) is 5.73 Å². The molecule has 0 spiro atoms. The van der Waals surface area contributed by atoms with Crippen LogP contribution in [-0.4, -0.2) is 10.2 Å². The van der Waals surface area contributed by atoms with Gasteiger partial charge in [-0.25, -0.2) is 0 Å². The quantitative estimate of drug-likeness (QED) is 0.803. The van der Waals surface area contributed by atoms with Crippen LogP contribution in [0.2, 0.25) is 0 Å². The Kier molecular flexibility index (Phi) is 4.83. The number of nitrogen functional groups attached to an aromatic ring is 1. The van der Waals surface area contributed by atoms with Crippen molar-refractivity contribution < 1.29 is 0 Å². The molecule has 2 aromatic rings. The molecule has 0 fully saturated rings. The Morgan fingerprint density at radius 3 is 2.40 bits per heavy atom. The number of nitrogens with zero attached hydrogens (tertiary/aromatic N) is 1. The Morgan fingerprint density at radius 2 is 1.80 bits per heavy atom. The highest BCUT2D eigenvalue weighted by molar-refractivity contribution is 5.78. The number of nitrogens with two attached hydrogens (primary N) is 1. The van der Waals surface area contributed by atoms with E-state index in [2.05, 4.69) is 55.2 Å². The fourth-order valence-electron chi connectivity index (χ4n) is 2.93. The molecule has 0 bridgehead atoms. The minimum atomic E-state index is 0.518. The summed E-state index contributed by atoms with van der Waals surface area (Å²) in [7, 11) is 0. The molecule has 1 aromatic heterocycles. The van der Waals surface area contributed by atoms with E-state index < -0.39 is 0 Å². The molecule has 0 aliphatic carbocycles. The first-order valence-corrected chi connectivity index (χ1v) is 7.58. The van der Waals surface area contributed by atoms with Crippen molar-refractivity contribution in [1.82, 2.24) is 10.2 Å².